The molecule has 0 saturated carbocycles. The van der Waals surface area contributed by atoms with E-state index in [0.29, 0.717) is 5.56 Å². The molecule has 0 radical (unpaired) electrons. The van der Waals surface area contributed by atoms with Gasteiger partial charge in [0.2, 0.25) is 0 Å². The van der Waals surface area contributed by atoms with Gasteiger partial charge in [0.25, 0.3) is 10.1 Å². The molecule has 64 valence electrons. The molecular formula is C8H8O3S. The van der Waals surface area contributed by atoms with Crippen molar-refractivity contribution in [3.8, 4) is 0 Å². The number of rotatable bonds is 2. The Morgan fingerprint density at radius 3 is 2.58 bits per heavy atom. The molecule has 0 spiro atoms. The topological polar surface area (TPSA) is 54.4 Å². The van der Waals surface area contributed by atoms with E-state index < -0.39 is 10.1 Å². The van der Waals surface area contributed by atoms with Gasteiger partial charge in [-0.05, 0) is 17.7 Å². The number of hydrogen-bond acceptors (Lipinski definition) is 2. The predicted octanol–water partition coefficient (Wildman–Crippen LogP) is 1.58. The fourth-order valence-corrected chi connectivity index (χ4v) is 1.34. The molecule has 0 aliphatic carbocycles. The van der Waals surface area contributed by atoms with Crippen LogP contribution in [-0.4, -0.2) is 13.0 Å². The normalized spacial score (nSPS) is 11.1. The van der Waals surface area contributed by atoms with E-state index in [2.05, 4.69) is 6.58 Å². The van der Waals surface area contributed by atoms with E-state index in [1.165, 1.54) is 18.2 Å². The molecule has 0 aliphatic heterocycles. The smallest absolute Gasteiger partial charge is 0.282 e. The van der Waals surface area contributed by atoms with Crippen LogP contribution in [0.2, 0.25) is 0 Å². The standard InChI is InChI=1S/C8H8O3S/c1-2-7-4-3-5-8(6-7)12(9,10)11/h2-6H,1H2,(H,9,10,11). The molecule has 1 aromatic rings. The molecule has 0 unspecified atom stereocenters. The number of hydrogen-bond donors (Lipinski definition) is 1. The summed E-state index contributed by atoms with van der Waals surface area (Å²) in [5.41, 5.74) is 0.658. The highest BCUT2D eigenvalue weighted by molar-refractivity contribution is 7.85. The van der Waals surface area contributed by atoms with Gasteiger partial charge in [-0.15, -0.1) is 0 Å². The minimum atomic E-state index is -4.08. The van der Waals surface area contributed by atoms with E-state index in [9.17, 15) is 8.42 Å². The summed E-state index contributed by atoms with van der Waals surface area (Å²) in [6, 6.07) is 5.91. The van der Waals surface area contributed by atoms with Gasteiger partial charge in [-0.1, -0.05) is 24.8 Å². The van der Waals surface area contributed by atoms with Gasteiger partial charge in [-0.3, -0.25) is 4.55 Å². The summed E-state index contributed by atoms with van der Waals surface area (Å²) >= 11 is 0. The second-order valence-corrected chi connectivity index (χ2v) is 3.67. The molecule has 0 bridgehead atoms. The van der Waals surface area contributed by atoms with E-state index in [0.717, 1.165) is 0 Å². The van der Waals surface area contributed by atoms with Gasteiger partial charge in [0.15, 0.2) is 0 Å². The van der Waals surface area contributed by atoms with E-state index in [4.69, 9.17) is 4.55 Å². The Bertz CT molecular complexity index is 393. The average Bonchev–Trinajstić information content (AvgIpc) is 2.03. The summed E-state index contributed by atoms with van der Waals surface area (Å²) in [7, 11) is -4.08. The molecule has 1 N–H and O–H groups in total. The predicted molar refractivity (Wildman–Crippen MR) is 46.3 cm³/mol. The molecule has 3 nitrogen and oxygen atoms in total. The first-order chi connectivity index (χ1) is 5.54. The van der Waals surface area contributed by atoms with Crippen molar-refractivity contribution in [2.24, 2.45) is 0 Å². The Morgan fingerprint density at radius 1 is 1.42 bits per heavy atom. The van der Waals surface area contributed by atoms with Gasteiger partial charge in [-0.2, -0.15) is 8.42 Å². The maximum Gasteiger partial charge on any atom is 0.294 e. The van der Waals surface area contributed by atoms with Crippen LogP contribution in [0.1, 0.15) is 5.56 Å². The summed E-state index contributed by atoms with van der Waals surface area (Å²) in [6.45, 7) is 3.48. The van der Waals surface area contributed by atoms with Gasteiger partial charge < -0.3 is 0 Å². The molecule has 0 amide bonds. The van der Waals surface area contributed by atoms with Crippen LogP contribution in [0, 0.1) is 0 Å². The third-order valence-corrected chi connectivity index (χ3v) is 2.24. The van der Waals surface area contributed by atoms with E-state index in [1.54, 1.807) is 12.1 Å². The minimum absolute atomic E-state index is 0.111. The monoisotopic (exact) mass is 184 g/mol. The average molecular weight is 184 g/mol. The molecule has 0 fully saturated rings. The second kappa shape index (κ2) is 3.08. The Hall–Kier alpha value is -1.13. The van der Waals surface area contributed by atoms with Crippen LogP contribution in [0.5, 0.6) is 0 Å². The lowest BCUT2D eigenvalue weighted by atomic mass is 10.2. The molecule has 1 aromatic carbocycles. The Labute approximate surface area is 71.1 Å². The largest absolute Gasteiger partial charge is 0.294 e. The third kappa shape index (κ3) is 1.93. The summed E-state index contributed by atoms with van der Waals surface area (Å²) in [6.07, 6.45) is 1.51. The summed E-state index contributed by atoms with van der Waals surface area (Å²) in [4.78, 5) is -0.111. The first kappa shape index (κ1) is 8.96. The first-order valence-electron chi connectivity index (χ1n) is 3.24. The summed E-state index contributed by atoms with van der Waals surface area (Å²) in [5.74, 6) is 0. The van der Waals surface area contributed by atoms with E-state index >= 15 is 0 Å². The highest BCUT2D eigenvalue weighted by Gasteiger charge is 2.07. The Balaban J connectivity index is 3.29. The van der Waals surface area contributed by atoms with Crippen molar-refractivity contribution >= 4 is 16.2 Å². The first-order valence-corrected chi connectivity index (χ1v) is 4.68. The minimum Gasteiger partial charge on any atom is -0.282 e. The lowest BCUT2D eigenvalue weighted by molar-refractivity contribution is 0.483. The summed E-state index contributed by atoms with van der Waals surface area (Å²) < 4.78 is 29.9. The van der Waals surface area contributed by atoms with Crippen LogP contribution in [0.3, 0.4) is 0 Å². The highest BCUT2D eigenvalue weighted by Crippen LogP contribution is 2.11. The van der Waals surface area contributed by atoms with Crippen molar-refractivity contribution in [3.05, 3.63) is 36.4 Å². The van der Waals surface area contributed by atoms with Crippen LogP contribution < -0.4 is 0 Å². The molecule has 1 rings (SSSR count). The highest BCUT2D eigenvalue weighted by atomic mass is 32.2. The zero-order valence-electron chi connectivity index (χ0n) is 6.27. The van der Waals surface area contributed by atoms with Crippen LogP contribution in [-0.2, 0) is 10.1 Å². The maximum atomic E-state index is 10.6. The molecule has 4 heteroatoms. The van der Waals surface area contributed by atoms with Gasteiger partial charge in [-0.25, -0.2) is 0 Å². The molecular weight excluding hydrogens is 176 g/mol. The molecule has 12 heavy (non-hydrogen) atoms. The quantitative estimate of drug-likeness (QED) is 0.710. The molecule has 0 aliphatic rings. The van der Waals surface area contributed by atoms with E-state index in [-0.39, 0.29) is 4.90 Å². The SMILES string of the molecule is C=Cc1cccc(S(=O)(=O)O)c1. The van der Waals surface area contributed by atoms with Crippen LogP contribution in [0.15, 0.2) is 35.7 Å². The summed E-state index contributed by atoms with van der Waals surface area (Å²) in [5, 5.41) is 0. The van der Waals surface area contributed by atoms with Crippen molar-refractivity contribution in [2.45, 2.75) is 4.90 Å². The molecule has 0 saturated heterocycles. The van der Waals surface area contributed by atoms with Crippen LogP contribution >= 0.6 is 0 Å². The van der Waals surface area contributed by atoms with Crippen molar-refractivity contribution in [2.75, 3.05) is 0 Å². The second-order valence-electron chi connectivity index (χ2n) is 2.25. The van der Waals surface area contributed by atoms with Crippen LogP contribution in [0.4, 0.5) is 0 Å². The van der Waals surface area contributed by atoms with E-state index in [1.807, 2.05) is 0 Å². The zero-order valence-corrected chi connectivity index (χ0v) is 7.08. The molecule has 0 aromatic heterocycles. The molecule has 0 atom stereocenters. The van der Waals surface area contributed by atoms with Gasteiger partial charge >= 0.3 is 0 Å². The lowest BCUT2D eigenvalue weighted by Gasteiger charge is -1.97. The fraction of sp³-hybridized carbons (Fsp3) is 0. The van der Waals surface area contributed by atoms with Gasteiger partial charge in [0.1, 0.15) is 0 Å². The molecule has 0 heterocycles. The van der Waals surface area contributed by atoms with Crippen molar-refractivity contribution < 1.29 is 13.0 Å². The maximum absolute atomic E-state index is 10.6. The van der Waals surface area contributed by atoms with Crippen molar-refractivity contribution in [1.82, 2.24) is 0 Å². The van der Waals surface area contributed by atoms with Gasteiger partial charge in [0.05, 0.1) is 4.90 Å². The van der Waals surface area contributed by atoms with Crippen LogP contribution in [0.25, 0.3) is 6.08 Å². The zero-order chi connectivity index (χ0) is 9.19. The Morgan fingerprint density at radius 2 is 2.08 bits per heavy atom. The van der Waals surface area contributed by atoms with Gasteiger partial charge in [0, 0.05) is 0 Å². The van der Waals surface area contributed by atoms with Crippen molar-refractivity contribution in [3.63, 3.8) is 0 Å². The fourth-order valence-electron chi connectivity index (χ4n) is 0.802. The Kier molecular flexibility index (Phi) is 2.30. The lowest BCUT2D eigenvalue weighted by Crippen LogP contribution is -1.97. The van der Waals surface area contributed by atoms with Crippen molar-refractivity contribution in [1.29, 1.82) is 0 Å². The third-order valence-electron chi connectivity index (χ3n) is 1.39. The number of benzene rings is 1.